The van der Waals surface area contributed by atoms with E-state index in [1.165, 1.54) is 6.07 Å². The van der Waals surface area contributed by atoms with Crippen LogP contribution >= 0.6 is 34.2 Å². The molecule has 5 nitrogen and oxygen atoms in total. The van der Waals surface area contributed by atoms with Crippen molar-refractivity contribution in [2.45, 2.75) is 30.4 Å². The standard InChI is InChI=1S/C24H20ClF2IN4O/c1-12(17-9-16(26)5-6-19(17)27)32-22-18-8-14(4-7-20(18)31-13(2)21(22)25)15-10-29-23(30-11-15)24(3,28)33/h4-12,33H,1-3H3,(H,31,32). The first-order valence-electron chi connectivity index (χ1n) is 10.1. The Morgan fingerprint density at radius 1 is 1.09 bits per heavy atom. The second kappa shape index (κ2) is 9.08. The first kappa shape index (κ1) is 23.7. The monoisotopic (exact) mass is 580 g/mol. The highest BCUT2D eigenvalue weighted by Crippen LogP contribution is 2.37. The minimum absolute atomic E-state index is 0.194. The zero-order valence-electron chi connectivity index (χ0n) is 18.0. The summed E-state index contributed by atoms with van der Waals surface area (Å²) in [6.07, 6.45) is 3.27. The number of benzene rings is 2. The number of halogens is 4. The molecule has 2 heterocycles. The van der Waals surface area contributed by atoms with Crippen molar-refractivity contribution < 1.29 is 13.9 Å². The van der Waals surface area contributed by atoms with Crippen molar-refractivity contribution >= 4 is 50.8 Å². The fourth-order valence-electron chi connectivity index (χ4n) is 3.54. The van der Waals surface area contributed by atoms with Crippen LogP contribution in [-0.2, 0) is 3.61 Å². The van der Waals surface area contributed by atoms with Crippen molar-refractivity contribution in [3.63, 3.8) is 0 Å². The summed E-state index contributed by atoms with van der Waals surface area (Å²) in [4.78, 5) is 13.1. The van der Waals surface area contributed by atoms with Crippen molar-refractivity contribution in [1.29, 1.82) is 0 Å². The number of aliphatic hydroxyl groups is 1. The van der Waals surface area contributed by atoms with Crippen LogP contribution < -0.4 is 5.32 Å². The Morgan fingerprint density at radius 3 is 2.45 bits per heavy atom. The Kier molecular flexibility index (Phi) is 6.52. The van der Waals surface area contributed by atoms with Crippen molar-refractivity contribution in [2.75, 3.05) is 5.32 Å². The lowest BCUT2D eigenvalue weighted by atomic mass is 10.0. The molecule has 0 aliphatic rings. The molecule has 2 unspecified atom stereocenters. The zero-order chi connectivity index (χ0) is 23.9. The van der Waals surface area contributed by atoms with Gasteiger partial charge in [0.1, 0.15) is 11.6 Å². The number of anilines is 1. The highest BCUT2D eigenvalue weighted by molar-refractivity contribution is 14.1. The molecule has 170 valence electrons. The van der Waals surface area contributed by atoms with Crippen molar-refractivity contribution in [3.05, 3.63) is 82.5 Å². The Labute approximate surface area is 208 Å². The van der Waals surface area contributed by atoms with Crippen molar-refractivity contribution in [1.82, 2.24) is 15.0 Å². The fraction of sp³-hybridized carbons (Fsp3) is 0.208. The lowest BCUT2D eigenvalue weighted by Gasteiger charge is -2.20. The van der Waals surface area contributed by atoms with E-state index in [9.17, 15) is 13.9 Å². The molecule has 2 aromatic carbocycles. The van der Waals surface area contributed by atoms with Crippen LogP contribution in [0.15, 0.2) is 48.8 Å². The number of nitrogens with zero attached hydrogens (tertiary/aromatic N) is 3. The Balaban J connectivity index is 1.79. The van der Waals surface area contributed by atoms with Gasteiger partial charge in [0.2, 0.25) is 0 Å². The molecule has 0 aliphatic heterocycles. The predicted molar refractivity (Wildman–Crippen MR) is 135 cm³/mol. The van der Waals surface area contributed by atoms with Gasteiger partial charge < -0.3 is 10.4 Å². The number of rotatable bonds is 5. The number of nitrogens with one attached hydrogen (secondary N) is 1. The van der Waals surface area contributed by atoms with Crippen LogP contribution in [0, 0.1) is 18.6 Å². The van der Waals surface area contributed by atoms with E-state index in [1.54, 1.807) is 33.2 Å². The van der Waals surface area contributed by atoms with E-state index in [4.69, 9.17) is 11.6 Å². The number of aromatic nitrogens is 3. The highest BCUT2D eigenvalue weighted by Gasteiger charge is 2.22. The Morgan fingerprint density at radius 2 is 1.79 bits per heavy atom. The maximum atomic E-state index is 14.3. The first-order chi connectivity index (χ1) is 15.5. The van der Waals surface area contributed by atoms with Crippen LogP contribution in [0.4, 0.5) is 14.5 Å². The molecular formula is C24H20ClF2IN4O. The molecule has 0 radical (unpaired) electrons. The number of pyridine rings is 1. The summed E-state index contributed by atoms with van der Waals surface area (Å²) in [7, 11) is 0. The van der Waals surface area contributed by atoms with Crippen LogP contribution in [0.2, 0.25) is 5.02 Å². The molecular weight excluding hydrogens is 561 g/mol. The molecule has 0 amide bonds. The molecule has 2 aromatic heterocycles. The summed E-state index contributed by atoms with van der Waals surface area (Å²) in [5, 5.41) is 14.4. The summed E-state index contributed by atoms with van der Waals surface area (Å²) >= 11 is 8.46. The van der Waals surface area contributed by atoms with Gasteiger partial charge in [0.05, 0.1) is 28.0 Å². The third kappa shape index (κ3) is 4.92. The zero-order valence-corrected chi connectivity index (χ0v) is 20.9. The maximum absolute atomic E-state index is 14.3. The molecule has 0 aliphatic carbocycles. The third-order valence-electron chi connectivity index (χ3n) is 5.27. The molecule has 0 fully saturated rings. The number of aryl methyl sites for hydroxylation is 1. The molecule has 0 saturated carbocycles. The summed E-state index contributed by atoms with van der Waals surface area (Å²) in [5.74, 6) is -0.717. The van der Waals surface area contributed by atoms with Crippen LogP contribution in [-0.4, -0.2) is 20.1 Å². The van der Waals surface area contributed by atoms with Gasteiger partial charge in [0.15, 0.2) is 9.43 Å². The summed E-state index contributed by atoms with van der Waals surface area (Å²) in [5.41, 5.74) is 3.64. The van der Waals surface area contributed by atoms with Gasteiger partial charge in [-0.15, -0.1) is 0 Å². The van der Waals surface area contributed by atoms with Gasteiger partial charge in [-0.3, -0.25) is 4.98 Å². The lowest BCUT2D eigenvalue weighted by Crippen LogP contribution is -2.15. The van der Waals surface area contributed by atoms with Gasteiger partial charge in [-0.2, -0.15) is 0 Å². The molecule has 2 atom stereocenters. The average molecular weight is 581 g/mol. The Bertz CT molecular complexity index is 1340. The lowest BCUT2D eigenvalue weighted by molar-refractivity contribution is 0.168. The first-order valence-corrected chi connectivity index (χ1v) is 11.6. The van der Waals surface area contributed by atoms with Gasteiger partial charge in [-0.25, -0.2) is 18.7 Å². The van der Waals surface area contributed by atoms with E-state index in [0.29, 0.717) is 27.7 Å². The molecule has 2 N–H and O–H groups in total. The number of hydrogen-bond donors (Lipinski definition) is 2. The molecule has 0 spiro atoms. The van der Waals surface area contributed by atoms with Gasteiger partial charge >= 0.3 is 0 Å². The smallest absolute Gasteiger partial charge is 0.172 e. The summed E-state index contributed by atoms with van der Waals surface area (Å²) in [6.45, 7) is 5.13. The topological polar surface area (TPSA) is 70.9 Å². The Hall–Kier alpha value is -2.43. The number of alkyl halides is 1. The van der Waals surface area contributed by atoms with Crippen LogP contribution in [0.3, 0.4) is 0 Å². The van der Waals surface area contributed by atoms with Crippen molar-refractivity contribution in [2.24, 2.45) is 0 Å². The van der Waals surface area contributed by atoms with Gasteiger partial charge in [0, 0.05) is 28.9 Å². The summed E-state index contributed by atoms with van der Waals surface area (Å²) < 4.78 is 26.9. The third-order valence-corrected chi connectivity index (χ3v) is 6.21. The van der Waals surface area contributed by atoms with Gasteiger partial charge in [0.25, 0.3) is 0 Å². The van der Waals surface area contributed by atoms with E-state index >= 15 is 0 Å². The van der Waals surface area contributed by atoms with Crippen molar-refractivity contribution in [3.8, 4) is 11.1 Å². The van der Waals surface area contributed by atoms with E-state index in [0.717, 1.165) is 28.6 Å². The van der Waals surface area contributed by atoms with Crippen LogP contribution in [0.1, 0.15) is 37.0 Å². The quantitative estimate of drug-likeness (QED) is 0.203. The van der Waals surface area contributed by atoms with E-state index in [-0.39, 0.29) is 5.56 Å². The molecule has 0 bridgehead atoms. The second-order valence-corrected chi connectivity index (χ2v) is 10.4. The summed E-state index contributed by atoms with van der Waals surface area (Å²) in [6, 6.07) is 8.45. The van der Waals surface area contributed by atoms with Gasteiger partial charge in [-0.05, 0) is 79.3 Å². The largest absolute Gasteiger partial charge is 0.377 e. The normalized spacial score (nSPS) is 14.2. The minimum Gasteiger partial charge on any atom is -0.377 e. The van der Waals surface area contributed by atoms with Crippen LogP contribution in [0.25, 0.3) is 22.0 Å². The number of fused-ring (bicyclic) bond motifs is 1. The predicted octanol–water partition coefficient (Wildman–Crippen LogP) is 6.70. The molecule has 4 rings (SSSR count). The number of hydrogen-bond acceptors (Lipinski definition) is 5. The molecule has 33 heavy (non-hydrogen) atoms. The van der Waals surface area contributed by atoms with Crippen LogP contribution in [0.5, 0.6) is 0 Å². The highest BCUT2D eigenvalue weighted by atomic mass is 127. The maximum Gasteiger partial charge on any atom is 0.172 e. The molecule has 4 aromatic rings. The molecule has 0 saturated heterocycles. The SMILES string of the molecule is Cc1nc2ccc(-c3cnc(C(C)(O)I)nc3)cc2c(NC(C)c2cc(F)ccc2F)c1Cl. The van der Waals surface area contributed by atoms with Gasteiger partial charge in [-0.1, -0.05) is 17.7 Å². The van der Waals surface area contributed by atoms with E-state index < -0.39 is 21.3 Å². The molecule has 9 heteroatoms. The second-order valence-electron chi connectivity index (χ2n) is 7.90. The average Bonchev–Trinajstić information content (AvgIpc) is 2.77. The fourth-order valence-corrected chi connectivity index (χ4v) is 4.01. The van der Waals surface area contributed by atoms with E-state index in [2.05, 4.69) is 20.3 Å². The van der Waals surface area contributed by atoms with E-state index in [1.807, 2.05) is 40.8 Å². The minimum atomic E-state index is -1.17.